The molecule has 0 saturated carbocycles. The number of aliphatic imine (C=N–C) groups is 1. The van der Waals surface area contributed by atoms with Crippen LogP contribution < -0.4 is 43.4 Å². The number of nitrogens with zero attached hydrogens (tertiary/aromatic N) is 9. The Morgan fingerprint density at radius 2 is 1.06 bits per heavy atom. The number of hydrogen-bond acceptors (Lipinski definition) is 17. The van der Waals surface area contributed by atoms with Crippen molar-refractivity contribution in [2.75, 3.05) is 82.6 Å². The van der Waals surface area contributed by atoms with Gasteiger partial charge in [0.15, 0.2) is 5.96 Å². The van der Waals surface area contributed by atoms with Crippen molar-refractivity contribution in [2.24, 2.45) is 57.9 Å². The van der Waals surface area contributed by atoms with E-state index in [1.54, 1.807) is 60.6 Å². The number of hydrogen-bond donors (Lipinski definition) is 8. The topological polar surface area (TPSA) is 428 Å². The number of esters is 1. The number of likely N-dealkylation sites (N-methyl/N-ethyl adjacent to an activating group) is 8. The van der Waals surface area contributed by atoms with Gasteiger partial charge in [-0.3, -0.25) is 76.9 Å². The molecule has 13 atom stereocenters. The molecule has 0 aromatic carbocycles. The van der Waals surface area contributed by atoms with Crippen LogP contribution in [0.1, 0.15) is 176 Å². The first-order chi connectivity index (χ1) is 50.0. The van der Waals surface area contributed by atoms with Gasteiger partial charge in [0.25, 0.3) is 0 Å². The molecule has 1 aliphatic rings. The largest absolute Gasteiger partial charge is 0.458 e. The van der Waals surface area contributed by atoms with Gasteiger partial charge in [-0.2, -0.15) is 0 Å². The summed E-state index contributed by atoms with van der Waals surface area (Å²) in [6.45, 7) is 28.5. The van der Waals surface area contributed by atoms with Gasteiger partial charge in [-0.25, -0.2) is 0 Å². The Morgan fingerprint density at radius 1 is 0.583 bits per heavy atom. The van der Waals surface area contributed by atoms with E-state index in [0.717, 1.165) is 19.6 Å². The third-order valence-electron chi connectivity index (χ3n) is 19.2. The van der Waals surface area contributed by atoms with Crippen molar-refractivity contribution in [1.82, 2.24) is 71.1 Å². The highest BCUT2D eigenvalue weighted by Crippen LogP contribution is 2.27. The second-order valence-corrected chi connectivity index (χ2v) is 31.2. The van der Waals surface area contributed by atoms with Crippen LogP contribution in [0.25, 0.3) is 0 Å². The predicted molar refractivity (Wildman–Crippen MR) is 410 cm³/mol. The molecule has 0 spiro atoms. The first-order valence-corrected chi connectivity index (χ1v) is 37.7. The number of guanidine groups is 1. The number of ether oxygens (including phenoxy) is 1. The minimum atomic E-state index is -1.85. The molecule has 1 saturated heterocycles. The highest BCUT2D eigenvalue weighted by Gasteiger charge is 2.47. The van der Waals surface area contributed by atoms with Crippen molar-refractivity contribution in [1.29, 1.82) is 0 Å². The summed E-state index contributed by atoms with van der Waals surface area (Å²) >= 11 is 0. The molecule has 0 aromatic heterocycles. The van der Waals surface area contributed by atoms with Crippen molar-refractivity contribution in [3.05, 3.63) is 12.2 Å². The van der Waals surface area contributed by atoms with Crippen LogP contribution in [0.4, 0.5) is 0 Å². The molecule has 0 aromatic rings. The van der Waals surface area contributed by atoms with Crippen LogP contribution in [0.5, 0.6) is 0 Å². The summed E-state index contributed by atoms with van der Waals surface area (Å²) in [6, 6.07) is -14.6. The van der Waals surface area contributed by atoms with E-state index in [2.05, 4.69) is 36.9 Å². The van der Waals surface area contributed by atoms with Gasteiger partial charge < -0.3 is 87.3 Å². The predicted octanol–water partition coefficient (Wildman–Crippen LogP) is 0.953. The third-order valence-corrected chi connectivity index (χ3v) is 19.2. The first kappa shape index (κ1) is 97.1. The molecule has 14 amide bonds. The lowest BCUT2D eigenvalue weighted by Gasteiger charge is -2.42. The molecule has 33 heteroatoms. The van der Waals surface area contributed by atoms with E-state index >= 15 is 19.2 Å². The van der Waals surface area contributed by atoms with Crippen LogP contribution in [0.2, 0.25) is 0 Å². The van der Waals surface area contributed by atoms with E-state index in [1.807, 2.05) is 55.4 Å². The first-order valence-electron chi connectivity index (χ1n) is 37.7. The number of rotatable bonds is 26. The summed E-state index contributed by atoms with van der Waals surface area (Å²) in [5, 5.41) is 16.0. The number of carbonyl (C=O) groups excluding carboxylic acids is 15. The summed E-state index contributed by atoms with van der Waals surface area (Å²) in [6.07, 6.45) is 2.54. The number of nitrogens with one attached hydrogen (secondary N) is 6. The molecule has 0 aliphatic carbocycles. The fourth-order valence-electron chi connectivity index (χ4n) is 12.8. The van der Waals surface area contributed by atoms with E-state index in [4.69, 9.17) is 16.2 Å². The molecule has 33 nitrogen and oxygen atoms in total. The fraction of sp³-hybridized carbons (Fsp3) is 0.760. The highest BCUT2D eigenvalue weighted by molar-refractivity contribution is 6.00. The average Bonchev–Trinajstić information content (AvgIpc) is 0.791. The van der Waals surface area contributed by atoms with Crippen LogP contribution in [0.3, 0.4) is 0 Å². The minimum Gasteiger partial charge on any atom is -0.458 e. The number of nitrogens with two attached hydrogens (primary N) is 2. The molecule has 614 valence electrons. The molecule has 1 fully saturated rings. The molecule has 1 heterocycles. The van der Waals surface area contributed by atoms with Gasteiger partial charge in [0.05, 0.1) is 13.1 Å². The van der Waals surface area contributed by atoms with Crippen LogP contribution in [0.15, 0.2) is 17.1 Å². The van der Waals surface area contributed by atoms with Crippen LogP contribution >= 0.6 is 0 Å². The van der Waals surface area contributed by atoms with E-state index in [1.165, 1.54) is 96.8 Å². The second kappa shape index (κ2) is 45.8. The second-order valence-electron chi connectivity index (χ2n) is 31.2. The van der Waals surface area contributed by atoms with Crippen molar-refractivity contribution < 1.29 is 76.7 Å². The highest BCUT2D eigenvalue weighted by atomic mass is 16.5. The molecule has 108 heavy (non-hydrogen) atoms. The molecular formula is C75H133N17O16. The lowest BCUT2D eigenvalue weighted by Crippen LogP contribution is -2.64. The van der Waals surface area contributed by atoms with Gasteiger partial charge in [0, 0.05) is 69.8 Å². The maximum absolute atomic E-state index is 15.9. The lowest BCUT2D eigenvalue weighted by molar-refractivity contribution is -0.166. The monoisotopic (exact) mass is 1530 g/mol. The standard InChI is InChI=1S/C75H133N17O16/c1-27-29-31-47(15)63(108-59(96)40-85(19)57(94)38-79-65(98)52(82-50(18)93)32-30-33-78-75(76)77)62-68(101)83-51(28-2)70(103)86(20)39-58(95)87(21)53(34-41(3)4)67(100)84-60(45(11)12)73(106)88(22)54(35-42(5)6)66(99)80-48(16)64(97)81-49(17)69(102)89(23)55(36-43(7)8)71(104)90(24)56(37-44(9)10)72(105)91(25)61(46(13)14)74(107)92(62)26/h27,29,41-49,51-56,60-63H,28,30-40H2,1-26H3,(H,79,98)(H,80,99)(H,81,97)(H,82,93)(H,83,101)(H,84,100)(H4,76,77,78)/b29-27+/t47?,48-,49+,51-,52-,53-,54-,55-,56-,60-,61-,62-,63?/m0/s1. The van der Waals surface area contributed by atoms with Gasteiger partial charge in [-0.15, -0.1) is 0 Å². The van der Waals surface area contributed by atoms with E-state index < -0.39 is 199 Å². The lowest BCUT2D eigenvalue weighted by atomic mass is 9.91. The van der Waals surface area contributed by atoms with E-state index in [0.29, 0.717) is 0 Å². The minimum absolute atomic E-state index is 0.0488. The maximum atomic E-state index is 15.9. The molecular weight excluding hydrogens is 1390 g/mol. The zero-order valence-electron chi connectivity index (χ0n) is 69.3. The zero-order chi connectivity index (χ0) is 83.4. The smallest absolute Gasteiger partial charge is 0.326 e. The van der Waals surface area contributed by atoms with Gasteiger partial charge >= 0.3 is 5.97 Å². The van der Waals surface area contributed by atoms with Crippen molar-refractivity contribution in [2.45, 2.75) is 249 Å². The van der Waals surface area contributed by atoms with E-state index in [9.17, 15) is 52.7 Å². The Bertz CT molecular complexity index is 3160. The third kappa shape index (κ3) is 29.9. The van der Waals surface area contributed by atoms with Gasteiger partial charge in [-0.1, -0.05) is 109 Å². The summed E-state index contributed by atoms with van der Waals surface area (Å²) < 4.78 is 6.27. The summed E-state index contributed by atoms with van der Waals surface area (Å²) in [7, 11) is 10.8. The van der Waals surface area contributed by atoms with Crippen LogP contribution in [0, 0.1) is 41.4 Å². The maximum Gasteiger partial charge on any atom is 0.326 e. The number of allylic oxidation sites excluding steroid dienone is 2. The summed E-state index contributed by atoms with van der Waals surface area (Å²) in [4.78, 5) is 231. The van der Waals surface area contributed by atoms with Gasteiger partial charge in [-0.05, 0) is 114 Å². The Hall–Kier alpha value is -8.94. The molecule has 0 radical (unpaired) electrons. The Kier molecular flexibility index (Phi) is 41.1. The zero-order valence-corrected chi connectivity index (χ0v) is 69.3. The average molecular weight is 1530 g/mol. The quantitative estimate of drug-likeness (QED) is 0.0196. The normalized spacial score (nSPS) is 23.7. The van der Waals surface area contributed by atoms with Crippen LogP contribution in [-0.2, 0) is 76.7 Å². The molecule has 1 aliphatic heterocycles. The van der Waals surface area contributed by atoms with Crippen molar-refractivity contribution in [3.63, 3.8) is 0 Å². The summed E-state index contributed by atoms with van der Waals surface area (Å²) in [5.41, 5.74) is 10.9. The molecule has 0 bridgehead atoms. The van der Waals surface area contributed by atoms with Crippen molar-refractivity contribution in [3.8, 4) is 0 Å². The van der Waals surface area contributed by atoms with E-state index in [-0.39, 0.29) is 87.5 Å². The Morgan fingerprint density at radius 3 is 1.54 bits per heavy atom. The SMILES string of the molecule is C/C=C/CC(C)C(OC(=O)CN(C)C(=O)CNC(=O)[C@H](CCCN=C(N)N)NC(C)=O)[C@H]1C(=O)N[C@@H](CC)C(=O)N(C)CC(=O)N(C)[C@@H](CC(C)C)C(=O)N[C@@H](C(C)C)C(=O)N(C)[C@@H](CC(C)C)C(=O)N[C@@H](C)C(=O)N[C@H](C)C(=O)N(C)[C@@H](CC(C)C)C(=O)N(C)[C@@H](CC(C)C)C(=O)N(C)[C@@H](C(C)C)C(=O)N1C. The van der Waals surface area contributed by atoms with Crippen molar-refractivity contribution >= 4 is 94.6 Å². The molecule has 10 N–H and O–H groups in total. The number of amides is 14. The van der Waals surface area contributed by atoms with Gasteiger partial charge in [0.2, 0.25) is 82.7 Å². The molecule has 1 rings (SSSR count). The molecule has 2 unspecified atom stereocenters. The Labute approximate surface area is 641 Å². The summed E-state index contributed by atoms with van der Waals surface area (Å²) in [5.74, 6) is -14.6. The fourth-order valence-corrected chi connectivity index (χ4v) is 12.8. The van der Waals surface area contributed by atoms with Gasteiger partial charge in [0.1, 0.15) is 79.1 Å². The number of carbonyl (C=O) groups is 15. The Balaban J connectivity index is 4.53. The van der Waals surface area contributed by atoms with Crippen LogP contribution in [-0.4, -0.2) is 289 Å².